The molecular weight excluding hydrogens is 514 g/mol. The fourth-order valence-electron chi connectivity index (χ4n) is 3.89. The Labute approximate surface area is 220 Å². The van der Waals surface area contributed by atoms with Crippen LogP contribution in [0.1, 0.15) is 35.1 Å². The molecule has 1 aromatic heterocycles. The molecule has 9 heteroatoms. The van der Waals surface area contributed by atoms with Gasteiger partial charge in [0.1, 0.15) is 5.58 Å². The van der Waals surface area contributed by atoms with E-state index < -0.39 is 21.6 Å². The van der Waals surface area contributed by atoms with Crippen molar-refractivity contribution >= 4 is 38.6 Å². The summed E-state index contributed by atoms with van der Waals surface area (Å²) in [5, 5.41) is 0.851. The van der Waals surface area contributed by atoms with E-state index in [-0.39, 0.29) is 40.6 Å². The van der Waals surface area contributed by atoms with Crippen LogP contribution in [-0.4, -0.2) is 20.9 Å². The van der Waals surface area contributed by atoms with Crippen LogP contribution in [0.2, 0.25) is 5.02 Å². The highest BCUT2D eigenvalue weighted by atomic mass is 35.5. The third-order valence-electron chi connectivity index (χ3n) is 5.97. The summed E-state index contributed by atoms with van der Waals surface area (Å²) in [7, 11) is -3.66. The highest BCUT2D eigenvalue weighted by Crippen LogP contribution is 2.32. The molecule has 0 fully saturated rings. The van der Waals surface area contributed by atoms with Crippen LogP contribution in [0.5, 0.6) is 5.75 Å². The first-order valence-electron chi connectivity index (χ1n) is 11.7. The monoisotopic (exact) mass is 539 g/mol. The van der Waals surface area contributed by atoms with E-state index in [1.807, 2.05) is 44.2 Å². The first-order valence-corrected chi connectivity index (χ1v) is 13.6. The van der Waals surface area contributed by atoms with Crippen LogP contribution in [0.3, 0.4) is 0 Å². The van der Waals surface area contributed by atoms with Gasteiger partial charge in [-0.2, -0.15) is 0 Å². The standard InChI is InChI=1S/C28H26ClNO6S/c1-18-10-12-21(13-11-18)37(33,34)30-14-6-9-27(31)35-26-17-25-22(16-24(26)29)19(2)23(28(32)36-25)15-20-7-4-3-5-8-20/h3-5,7-8,10-13,16-17,30H,6,9,14-15H2,1-2H3. The van der Waals surface area contributed by atoms with Crippen LogP contribution >= 0.6 is 11.6 Å². The Hall–Kier alpha value is -3.46. The number of fused-ring (bicyclic) bond motifs is 1. The molecule has 3 aromatic carbocycles. The number of hydrogen-bond acceptors (Lipinski definition) is 6. The second kappa shape index (κ2) is 11.3. The molecule has 7 nitrogen and oxygen atoms in total. The summed E-state index contributed by atoms with van der Waals surface area (Å²) in [5.41, 5.74) is 3.01. The van der Waals surface area contributed by atoms with Gasteiger partial charge in [0.15, 0.2) is 5.75 Å². The highest BCUT2D eigenvalue weighted by molar-refractivity contribution is 7.89. The molecule has 4 rings (SSSR count). The Kier molecular flexibility index (Phi) is 8.12. The van der Waals surface area contributed by atoms with Gasteiger partial charge in [0.25, 0.3) is 0 Å². The van der Waals surface area contributed by atoms with Crippen molar-refractivity contribution in [2.24, 2.45) is 0 Å². The molecular formula is C28H26ClNO6S. The second-order valence-corrected chi connectivity index (χ2v) is 10.9. The Morgan fingerprint density at radius 3 is 2.43 bits per heavy atom. The Balaban J connectivity index is 1.40. The minimum absolute atomic E-state index is 0.0379. The number of halogens is 1. The summed E-state index contributed by atoms with van der Waals surface area (Å²) in [6.45, 7) is 3.77. The number of benzene rings is 3. The zero-order valence-corrected chi connectivity index (χ0v) is 22.0. The van der Waals surface area contributed by atoms with Crippen LogP contribution in [0, 0.1) is 13.8 Å². The van der Waals surface area contributed by atoms with E-state index in [0.717, 1.165) is 16.7 Å². The fraction of sp³-hybridized carbons (Fsp3) is 0.214. The topological polar surface area (TPSA) is 103 Å². The van der Waals surface area contributed by atoms with E-state index in [4.69, 9.17) is 20.8 Å². The second-order valence-electron chi connectivity index (χ2n) is 8.72. The first kappa shape index (κ1) is 26.6. The predicted molar refractivity (Wildman–Crippen MR) is 143 cm³/mol. The zero-order chi connectivity index (χ0) is 26.6. The molecule has 0 saturated carbocycles. The van der Waals surface area contributed by atoms with Crippen molar-refractivity contribution in [3.63, 3.8) is 0 Å². The van der Waals surface area contributed by atoms with Crippen molar-refractivity contribution in [1.82, 2.24) is 4.72 Å². The largest absolute Gasteiger partial charge is 0.425 e. The van der Waals surface area contributed by atoms with E-state index in [9.17, 15) is 18.0 Å². The number of rotatable bonds is 9. The van der Waals surface area contributed by atoms with E-state index in [1.54, 1.807) is 18.2 Å². The van der Waals surface area contributed by atoms with Crippen molar-refractivity contribution < 1.29 is 22.4 Å². The lowest BCUT2D eigenvalue weighted by atomic mass is 9.99. The van der Waals surface area contributed by atoms with Crippen molar-refractivity contribution in [1.29, 1.82) is 0 Å². The minimum Gasteiger partial charge on any atom is -0.425 e. The number of sulfonamides is 1. The molecule has 4 aromatic rings. The van der Waals surface area contributed by atoms with Crippen molar-refractivity contribution in [2.75, 3.05) is 6.54 Å². The normalized spacial score (nSPS) is 11.5. The molecule has 0 unspecified atom stereocenters. The zero-order valence-electron chi connectivity index (χ0n) is 20.4. The van der Waals surface area contributed by atoms with Crippen LogP contribution in [0.15, 0.2) is 80.8 Å². The molecule has 0 bridgehead atoms. The molecule has 0 aliphatic carbocycles. The number of carbonyl (C=O) groups is 1. The van der Waals surface area contributed by atoms with Gasteiger partial charge in [-0.05, 0) is 49.6 Å². The van der Waals surface area contributed by atoms with Gasteiger partial charge in [-0.3, -0.25) is 4.79 Å². The maximum atomic E-state index is 12.7. The van der Waals surface area contributed by atoms with E-state index in [2.05, 4.69) is 4.72 Å². The number of esters is 1. The summed E-state index contributed by atoms with van der Waals surface area (Å²) in [5.74, 6) is -0.520. The molecule has 0 radical (unpaired) electrons. The molecule has 0 aliphatic rings. The van der Waals surface area contributed by atoms with E-state index in [1.165, 1.54) is 18.2 Å². The minimum atomic E-state index is -3.66. The summed E-state index contributed by atoms with van der Waals surface area (Å²) in [4.78, 5) is 25.2. The number of carbonyl (C=O) groups excluding carboxylic acids is 1. The molecule has 0 saturated heterocycles. The molecule has 1 N–H and O–H groups in total. The van der Waals surface area contributed by atoms with Gasteiger partial charge in [0.2, 0.25) is 10.0 Å². The summed E-state index contributed by atoms with van der Waals surface area (Å²) < 4.78 is 38.1. The predicted octanol–water partition coefficient (Wildman–Crippen LogP) is 5.32. The lowest BCUT2D eigenvalue weighted by Gasteiger charge is -2.11. The number of aryl methyl sites for hydroxylation is 2. The molecule has 192 valence electrons. The summed E-state index contributed by atoms with van der Waals surface area (Å²) >= 11 is 6.38. The highest BCUT2D eigenvalue weighted by Gasteiger charge is 2.17. The fourth-order valence-corrected chi connectivity index (χ4v) is 5.16. The Morgan fingerprint density at radius 1 is 1.03 bits per heavy atom. The molecule has 0 atom stereocenters. The van der Waals surface area contributed by atoms with E-state index in [0.29, 0.717) is 17.4 Å². The average molecular weight is 540 g/mol. The average Bonchev–Trinajstić information content (AvgIpc) is 2.86. The third kappa shape index (κ3) is 6.46. The molecule has 0 spiro atoms. The summed E-state index contributed by atoms with van der Waals surface area (Å²) in [6.07, 6.45) is 0.614. The number of ether oxygens (including phenoxy) is 1. The van der Waals surface area contributed by atoms with Crippen molar-refractivity contribution in [3.8, 4) is 5.75 Å². The van der Waals surface area contributed by atoms with Gasteiger partial charge in [0, 0.05) is 36.4 Å². The lowest BCUT2D eigenvalue weighted by molar-refractivity contribution is -0.134. The van der Waals surface area contributed by atoms with Gasteiger partial charge >= 0.3 is 11.6 Å². The number of nitrogens with one attached hydrogen (secondary N) is 1. The van der Waals surface area contributed by atoms with Gasteiger partial charge in [-0.15, -0.1) is 0 Å². The molecule has 0 aliphatic heterocycles. The maximum absolute atomic E-state index is 12.7. The number of hydrogen-bond donors (Lipinski definition) is 1. The smallest absolute Gasteiger partial charge is 0.340 e. The lowest BCUT2D eigenvalue weighted by Crippen LogP contribution is -2.25. The van der Waals surface area contributed by atoms with Crippen molar-refractivity contribution in [2.45, 2.75) is 38.0 Å². The molecule has 0 amide bonds. The van der Waals surface area contributed by atoms with Crippen molar-refractivity contribution in [3.05, 3.63) is 104 Å². The molecule has 37 heavy (non-hydrogen) atoms. The maximum Gasteiger partial charge on any atom is 0.340 e. The Bertz CT molecular complexity index is 1600. The van der Waals surface area contributed by atoms with Gasteiger partial charge in [-0.1, -0.05) is 59.6 Å². The third-order valence-corrected chi connectivity index (χ3v) is 7.74. The van der Waals surface area contributed by atoms with E-state index >= 15 is 0 Å². The summed E-state index contributed by atoms with van der Waals surface area (Å²) in [6, 6.07) is 19.1. The van der Waals surface area contributed by atoms with Crippen LogP contribution in [0.25, 0.3) is 11.0 Å². The van der Waals surface area contributed by atoms with Crippen LogP contribution < -0.4 is 15.1 Å². The SMILES string of the molecule is Cc1ccc(S(=O)(=O)NCCCC(=O)Oc2cc3oc(=O)c(Cc4ccccc4)c(C)c3cc2Cl)cc1. The quantitative estimate of drug-likeness (QED) is 0.134. The Morgan fingerprint density at radius 2 is 1.73 bits per heavy atom. The van der Waals surface area contributed by atoms with Crippen LogP contribution in [-0.2, 0) is 21.2 Å². The van der Waals surface area contributed by atoms with Gasteiger partial charge in [-0.25, -0.2) is 17.9 Å². The van der Waals surface area contributed by atoms with Gasteiger partial charge < -0.3 is 9.15 Å². The van der Waals surface area contributed by atoms with Gasteiger partial charge in [0.05, 0.1) is 9.92 Å². The van der Waals surface area contributed by atoms with Crippen LogP contribution in [0.4, 0.5) is 0 Å². The first-order chi connectivity index (χ1) is 17.6. The molecule has 1 heterocycles.